The topological polar surface area (TPSA) is 0 Å². The van der Waals surface area contributed by atoms with Crippen LogP contribution in [-0.2, 0) is 0 Å². The summed E-state index contributed by atoms with van der Waals surface area (Å²) >= 11 is 0. The van der Waals surface area contributed by atoms with Crippen molar-refractivity contribution in [2.75, 3.05) is 0 Å². The fraction of sp³-hybridized carbons (Fsp3) is 0.0625. The first-order chi connectivity index (χ1) is 16.2. The summed E-state index contributed by atoms with van der Waals surface area (Å²) in [6.45, 7) is 4.45. The zero-order valence-electron chi connectivity index (χ0n) is 19.5. The van der Waals surface area contributed by atoms with Gasteiger partial charge in [0.1, 0.15) is 28.5 Å². The third kappa shape index (κ3) is 4.09. The molecule has 168 valence electrons. The SMILES string of the molecule is Cc1cccc(-c2ccccc2[P+](c2ccccc2)(c2ccccc2)c2ccccc2)c1C.[Cl-]. The first kappa shape index (κ1) is 24.0. The van der Waals surface area contributed by atoms with Gasteiger partial charge in [0, 0.05) is 5.56 Å². The maximum Gasteiger partial charge on any atom is 0.144 e. The van der Waals surface area contributed by atoms with E-state index in [9.17, 15) is 0 Å². The van der Waals surface area contributed by atoms with Gasteiger partial charge in [-0.1, -0.05) is 91.0 Å². The van der Waals surface area contributed by atoms with E-state index in [0.717, 1.165) is 0 Å². The zero-order chi connectivity index (χ0) is 22.7. The molecule has 0 aliphatic carbocycles. The Morgan fingerprint density at radius 2 is 0.824 bits per heavy atom. The summed E-state index contributed by atoms with van der Waals surface area (Å²) in [5, 5.41) is 5.53. The van der Waals surface area contributed by atoms with Crippen LogP contribution in [0.2, 0.25) is 0 Å². The first-order valence-corrected chi connectivity index (χ1v) is 13.2. The minimum Gasteiger partial charge on any atom is -1.00 e. The lowest BCUT2D eigenvalue weighted by molar-refractivity contribution is -0.00000639. The Bertz CT molecular complexity index is 1270. The molecule has 0 bridgehead atoms. The van der Waals surface area contributed by atoms with E-state index >= 15 is 0 Å². The van der Waals surface area contributed by atoms with E-state index in [-0.39, 0.29) is 12.4 Å². The second kappa shape index (κ2) is 10.4. The lowest BCUT2D eigenvalue weighted by Crippen LogP contribution is -3.00. The van der Waals surface area contributed by atoms with Gasteiger partial charge in [-0.05, 0) is 73.0 Å². The van der Waals surface area contributed by atoms with E-state index in [1.165, 1.54) is 43.5 Å². The summed E-state index contributed by atoms with van der Waals surface area (Å²) in [6.07, 6.45) is 0. The largest absolute Gasteiger partial charge is 1.00 e. The van der Waals surface area contributed by atoms with Crippen molar-refractivity contribution in [3.63, 3.8) is 0 Å². The molecule has 0 nitrogen and oxygen atoms in total. The van der Waals surface area contributed by atoms with E-state index in [0.29, 0.717) is 0 Å². The lowest BCUT2D eigenvalue weighted by Gasteiger charge is -2.29. The molecule has 0 aromatic heterocycles. The van der Waals surface area contributed by atoms with Crippen molar-refractivity contribution in [3.05, 3.63) is 145 Å². The molecular formula is C32H28ClP. The predicted octanol–water partition coefficient (Wildman–Crippen LogP) is 3.59. The average molecular weight is 479 g/mol. The smallest absolute Gasteiger partial charge is 0.144 e. The van der Waals surface area contributed by atoms with Gasteiger partial charge < -0.3 is 12.4 Å². The molecule has 0 radical (unpaired) electrons. The van der Waals surface area contributed by atoms with Crippen molar-refractivity contribution in [1.29, 1.82) is 0 Å². The molecule has 2 heteroatoms. The van der Waals surface area contributed by atoms with Crippen LogP contribution in [0.1, 0.15) is 11.1 Å². The molecule has 0 aliphatic heterocycles. The summed E-state index contributed by atoms with van der Waals surface area (Å²) in [5.41, 5.74) is 5.31. The first-order valence-electron chi connectivity index (χ1n) is 11.4. The third-order valence-corrected chi connectivity index (χ3v) is 10.9. The number of rotatable bonds is 5. The van der Waals surface area contributed by atoms with Crippen LogP contribution in [0, 0.1) is 13.8 Å². The van der Waals surface area contributed by atoms with Gasteiger partial charge in [0.05, 0.1) is 0 Å². The number of halogens is 1. The third-order valence-electron chi connectivity index (χ3n) is 6.59. The second-order valence-electron chi connectivity index (χ2n) is 8.44. The summed E-state index contributed by atoms with van der Waals surface area (Å²) in [4.78, 5) is 0. The van der Waals surface area contributed by atoms with Crippen molar-refractivity contribution < 1.29 is 12.4 Å². The fourth-order valence-electron chi connectivity index (χ4n) is 4.86. The van der Waals surface area contributed by atoms with E-state index in [1.807, 2.05) is 0 Å². The van der Waals surface area contributed by atoms with Crippen LogP contribution >= 0.6 is 7.26 Å². The van der Waals surface area contributed by atoms with Gasteiger partial charge in [-0.15, -0.1) is 0 Å². The van der Waals surface area contributed by atoms with Crippen molar-refractivity contribution >= 4 is 28.5 Å². The molecule has 0 saturated heterocycles. The summed E-state index contributed by atoms with van der Waals surface area (Å²) in [6, 6.07) is 49.0. The van der Waals surface area contributed by atoms with Gasteiger partial charge >= 0.3 is 0 Å². The maximum atomic E-state index is 2.36. The van der Waals surface area contributed by atoms with E-state index < -0.39 is 7.26 Å². The van der Waals surface area contributed by atoms with Crippen molar-refractivity contribution in [2.24, 2.45) is 0 Å². The van der Waals surface area contributed by atoms with Gasteiger partial charge in [0.2, 0.25) is 0 Å². The van der Waals surface area contributed by atoms with Crippen LogP contribution in [0.3, 0.4) is 0 Å². The zero-order valence-corrected chi connectivity index (χ0v) is 21.2. The Hall–Kier alpha value is -3.18. The molecule has 5 aromatic carbocycles. The highest BCUT2D eigenvalue weighted by atomic mass is 35.5. The normalized spacial score (nSPS) is 11.0. The second-order valence-corrected chi connectivity index (χ2v) is 11.8. The van der Waals surface area contributed by atoms with Crippen LogP contribution in [0.5, 0.6) is 0 Å². The van der Waals surface area contributed by atoms with Gasteiger partial charge in [-0.25, -0.2) is 0 Å². The number of hydrogen-bond acceptors (Lipinski definition) is 0. The molecule has 0 aliphatic rings. The van der Waals surface area contributed by atoms with Crippen molar-refractivity contribution in [1.82, 2.24) is 0 Å². The quantitative estimate of drug-likeness (QED) is 0.339. The van der Waals surface area contributed by atoms with E-state index in [1.54, 1.807) is 0 Å². The molecule has 0 amide bonds. The summed E-state index contributed by atoms with van der Waals surface area (Å²) in [7, 11) is -2.14. The summed E-state index contributed by atoms with van der Waals surface area (Å²) < 4.78 is 0. The Kier molecular flexibility index (Phi) is 7.32. The van der Waals surface area contributed by atoms with Crippen LogP contribution in [0.25, 0.3) is 11.1 Å². The maximum absolute atomic E-state index is 2.36. The molecular weight excluding hydrogens is 451 g/mol. The average Bonchev–Trinajstić information content (AvgIpc) is 2.89. The Labute approximate surface area is 210 Å². The molecule has 0 heterocycles. The molecule has 0 spiro atoms. The van der Waals surface area contributed by atoms with Crippen molar-refractivity contribution in [3.8, 4) is 11.1 Å². The highest BCUT2D eigenvalue weighted by Crippen LogP contribution is 2.56. The molecule has 0 unspecified atom stereocenters. The van der Waals surface area contributed by atoms with Gasteiger partial charge in [0.15, 0.2) is 0 Å². The molecule has 5 aromatic rings. The van der Waals surface area contributed by atoms with Gasteiger partial charge in [0.25, 0.3) is 0 Å². The van der Waals surface area contributed by atoms with E-state index in [4.69, 9.17) is 0 Å². The summed E-state index contributed by atoms with van der Waals surface area (Å²) in [5.74, 6) is 0. The Morgan fingerprint density at radius 3 is 1.32 bits per heavy atom. The minimum atomic E-state index is -2.14. The lowest BCUT2D eigenvalue weighted by atomic mass is 9.97. The molecule has 0 saturated carbocycles. The molecule has 34 heavy (non-hydrogen) atoms. The highest BCUT2D eigenvalue weighted by molar-refractivity contribution is 8.01. The van der Waals surface area contributed by atoms with Crippen LogP contribution in [0.15, 0.2) is 133 Å². The Morgan fingerprint density at radius 1 is 0.412 bits per heavy atom. The van der Waals surface area contributed by atoms with Crippen LogP contribution < -0.4 is 33.6 Å². The highest BCUT2D eigenvalue weighted by Gasteiger charge is 2.49. The number of aryl methyl sites for hydroxylation is 1. The molecule has 0 N–H and O–H groups in total. The fourth-order valence-corrected chi connectivity index (χ4v) is 9.31. The Balaban J connectivity index is 0.00000274. The number of hydrogen-bond donors (Lipinski definition) is 0. The predicted molar refractivity (Wildman–Crippen MR) is 146 cm³/mol. The number of benzene rings is 5. The van der Waals surface area contributed by atoms with E-state index in [2.05, 4.69) is 147 Å². The molecule has 0 fully saturated rings. The molecule has 0 atom stereocenters. The van der Waals surface area contributed by atoms with Crippen LogP contribution in [-0.4, -0.2) is 0 Å². The van der Waals surface area contributed by atoms with Crippen molar-refractivity contribution in [2.45, 2.75) is 13.8 Å². The van der Waals surface area contributed by atoms with Gasteiger partial charge in [-0.3, -0.25) is 0 Å². The molecule has 5 rings (SSSR count). The van der Waals surface area contributed by atoms with Crippen LogP contribution in [0.4, 0.5) is 0 Å². The standard InChI is InChI=1S/C32H28P.ClH/c1-25-15-14-23-30(26(25)2)31-22-12-13-24-32(31)33(27-16-6-3-7-17-27,28-18-8-4-9-19-28)29-20-10-5-11-21-29;/h3-24H,1-2H3;1H/q+1;/p-1. The van der Waals surface area contributed by atoms with Gasteiger partial charge in [-0.2, -0.15) is 0 Å². The monoisotopic (exact) mass is 478 g/mol. The minimum absolute atomic E-state index is 0.